The molecule has 170 valence electrons. The smallest absolute Gasteiger partial charge is 0.265 e. The van der Waals surface area contributed by atoms with Crippen molar-refractivity contribution in [3.63, 3.8) is 0 Å². The maximum atomic E-state index is 13.4. The van der Waals surface area contributed by atoms with Gasteiger partial charge in [0.05, 0.1) is 28.5 Å². The summed E-state index contributed by atoms with van der Waals surface area (Å²) >= 11 is 1.71. The van der Waals surface area contributed by atoms with Crippen molar-refractivity contribution >= 4 is 38.4 Å². The van der Waals surface area contributed by atoms with Gasteiger partial charge in [-0.15, -0.1) is 11.8 Å². The van der Waals surface area contributed by atoms with Crippen molar-refractivity contribution in [2.45, 2.75) is 30.7 Å². The van der Waals surface area contributed by atoms with Crippen LogP contribution in [0.4, 0.5) is 5.69 Å². The predicted octanol–water partition coefficient (Wildman–Crippen LogP) is 3.28. The van der Waals surface area contributed by atoms with Crippen LogP contribution < -0.4 is 9.86 Å². The first-order valence-corrected chi connectivity index (χ1v) is 13.4. The van der Waals surface area contributed by atoms with Crippen LogP contribution in [0, 0.1) is 6.92 Å². The van der Waals surface area contributed by atoms with Crippen molar-refractivity contribution in [3.05, 3.63) is 58.6 Å². The Bertz CT molecular complexity index is 1310. The second-order valence-electron chi connectivity index (χ2n) is 8.51. The molecule has 32 heavy (non-hydrogen) atoms. The molecule has 0 saturated heterocycles. The fraction of sp³-hybridized carbons (Fsp3) is 0.391. The van der Waals surface area contributed by atoms with Gasteiger partial charge < -0.3 is 4.90 Å². The van der Waals surface area contributed by atoms with E-state index in [9.17, 15) is 13.2 Å². The third-order valence-corrected chi connectivity index (χ3v) is 7.68. The predicted molar refractivity (Wildman–Crippen MR) is 132 cm³/mol. The molecule has 2 aromatic carbocycles. The van der Waals surface area contributed by atoms with Gasteiger partial charge in [0, 0.05) is 23.2 Å². The molecule has 0 unspecified atom stereocenters. The standard InChI is InChI=1S/C23H28N4O3S2/c1-16-5-6-18(27(17-7-8-17)32(4,29)30)13-22(16)26-15-24-21-10-9-19(14-20(21)23(26)28)31-12-11-25(2)3/h5-6,9-10,13-15,17H,7-8,11-12H2,1-4H3. The second kappa shape index (κ2) is 8.88. The molecule has 1 aromatic heterocycles. The van der Waals surface area contributed by atoms with E-state index >= 15 is 0 Å². The molecule has 0 amide bonds. The Morgan fingerprint density at radius 3 is 2.56 bits per heavy atom. The van der Waals surface area contributed by atoms with Crippen LogP contribution in [0.3, 0.4) is 0 Å². The molecule has 1 fully saturated rings. The molecule has 4 rings (SSSR count). The lowest BCUT2D eigenvalue weighted by atomic mass is 10.1. The van der Waals surface area contributed by atoms with Gasteiger partial charge in [-0.25, -0.2) is 13.4 Å². The molecule has 9 heteroatoms. The van der Waals surface area contributed by atoms with Crippen molar-refractivity contribution in [1.29, 1.82) is 0 Å². The van der Waals surface area contributed by atoms with E-state index in [-0.39, 0.29) is 11.6 Å². The van der Waals surface area contributed by atoms with Crippen LogP contribution in [0.25, 0.3) is 16.6 Å². The molecular formula is C23H28N4O3S2. The molecule has 1 aliphatic carbocycles. The number of nitrogens with zero attached hydrogens (tertiary/aromatic N) is 4. The highest BCUT2D eigenvalue weighted by atomic mass is 32.2. The summed E-state index contributed by atoms with van der Waals surface area (Å²) < 4.78 is 27.8. The van der Waals surface area contributed by atoms with E-state index in [0.29, 0.717) is 22.3 Å². The Hall–Kier alpha value is -2.36. The summed E-state index contributed by atoms with van der Waals surface area (Å²) in [6, 6.07) is 11.2. The largest absolute Gasteiger partial charge is 0.309 e. The van der Waals surface area contributed by atoms with E-state index in [1.54, 1.807) is 23.9 Å². The number of hydrogen-bond acceptors (Lipinski definition) is 6. The van der Waals surface area contributed by atoms with Crippen molar-refractivity contribution < 1.29 is 8.42 Å². The molecular weight excluding hydrogens is 444 g/mol. The van der Waals surface area contributed by atoms with Gasteiger partial charge in [-0.2, -0.15) is 0 Å². The van der Waals surface area contributed by atoms with E-state index in [1.807, 2.05) is 45.3 Å². The van der Waals surface area contributed by atoms with Crippen LogP contribution in [0.2, 0.25) is 0 Å². The molecule has 0 N–H and O–H groups in total. The van der Waals surface area contributed by atoms with Gasteiger partial charge in [0.2, 0.25) is 10.0 Å². The Balaban J connectivity index is 1.76. The number of aryl methyl sites for hydroxylation is 1. The lowest BCUT2D eigenvalue weighted by molar-refractivity contribution is 0.437. The van der Waals surface area contributed by atoms with Crippen LogP contribution in [0.1, 0.15) is 18.4 Å². The third kappa shape index (κ3) is 4.84. The Morgan fingerprint density at radius 2 is 1.91 bits per heavy atom. The third-order valence-electron chi connectivity index (χ3n) is 5.48. The topological polar surface area (TPSA) is 75.5 Å². The maximum absolute atomic E-state index is 13.4. The summed E-state index contributed by atoms with van der Waals surface area (Å²) in [5, 5.41) is 0.550. The minimum absolute atomic E-state index is 0.00578. The van der Waals surface area contributed by atoms with E-state index in [2.05, 4.69) is 9.88 Å². The minimum Gasteiger partial charge on any atom is -0.309 e. The number of anilines is 1. The molecule has 0 bridgehead atoms. The number of aromatic nitrogens is 2. The van der Waals surface area contributed by atoms with E-state index in [1.165, 1.54) is 21.5 Å². The lowest BCUT2D eigenvalue weighted by Gasteiger charge is -2.23. The maximum Gasteiger partial charge on any atom is 0.265 e. The van der Waals surface area contributed by atoms with Crippen molar-refractivity contribution in [3.8, 4) is 5.69 Å². The van der Waals surface area contributed by atoms with Gasteiger partial charge in [0.25, 0.3) is 5.56 Å². The average molecular weight is 473 g/mol. The number of benzene rings is 2. The monoisotopic (exact) mass is 472 g/mol. The number of fused-ring (bicyclic) bond motifs is 1. The number of rotatable bonds is 8. The molecule has 0 aliphatic heterocycles. The molecule has 1 heterocycles. The minimum atomic E-state index is -3.41. The first-order valence-electron chi connectivity index (χ1n) is 10.5. The number of hydrogen-bond donors (Lipinski definition) is 0. The molecule has 0 atom stereocenters. The van der Waals surface area contributed by atoms with E-state index in [4.69, 9.17) is 0 Å². The normalized spacial score (nSPS) is 14.3. The fourth-order valence-corrected chi connectivity index (χ4v) is 5.99. The SMILES string of the molecule is Cc1ccc(N(C2CC2)S(C)(=O)=O)cc1-n1cnc2ccc(SCCN(C)C)cc2c1=O. The van der Waals surface area contributed by atoms with Crippen LogP contribution in [-0.4, -0.2) is 61.6 Å². The van der Waals surface area contributed by atoms with Gasteiger partial charge in [0.15, 0.2) is 0 Å². The van der Waals surface area contributed by atoms with Crippen molar-refractivity contribution in [2.75, 3.05) is 37.0 Å². The molecule has 1 saturated carbocycles. The highest BCUT2D eigenvalue weighted by molar-refractivity contribution is 7.99. The summed E-state index contributed by atoms with van der Waals surface area (Å²) in [6.45, 7) is 2.86. The molecule has 0 spiro atoms. The summed E-state index contributed by atoms with van der Waals surface area (Å²) in [5.41, 5.74) is 2.57. The summed E-state index contributed by atoms with van der Waals surface area (Å²) in [6.07, 6.45) is 4.45. The Kier molecular flexibility index (Phi) is 6.33. The van der Waals surface area contributed by atoms with Gasteiger partial charge in [-0.3, -0.25) is 13.7 Å². The zero-order valence-corrected chi connectivity index (χ0v) is 20.4. The van der Waals surface area contributed by atoms with Gasteiger partial charge in [-0.05, 0) is 69.8 Å². The number of thioether (sulfide) groups is 1. The molecule has 0 radical (unpaired) electrons. The van der Waals surface area contributed by atoms with E-state index in [0.717, 1.165) is 35.6 Å². The van der Waals surface area contributed by atoms with Gasteiger partial charge in [-0.1, -0.05) is 6.07 Å². The Morgan fingerprint density at radius 1 is 1.16 bits per heavy atom. The van der Waals surface area contributed by atoms with Crippen molar-refractivity contribution in [1.82, 2.24) is 14.5 Å². The summed E-state index contributed by atoms with van der Waals surface area (Å²) in [5.74, 6) is 0.927. The zero-order chi connectivity index (χ0) is 23.0. The lowest BCUT2D eigenvalue weighted by Crippen LogP contribution is -2.32. The van der Waals surface area contributed by atoms with Crippen molar-refractivity contribution in [2.24, 2.45) is 0 Å². The van der Waals surface area contributed by atoms with Gasteiger partial charge in [0.1, 0.15) is 6.33 Å². The zero-order valence-electron chi connectivity index (χ0n) is 18.8. The summed E-state index contributed by atoms with van der Waals surface area (Å²) in [4.78, 5) is 21.1. The molecule has 3 aromatic rings. The van der Waals surface area contributed by atoms with Crippen LogP contribution in [0.5, 0.6) is 0 Å². The van der Waals surface area contributed by atoms with Gasteiger partial charge >= 0.3 is 0 Å². The average Bonchev–Trinajstić information content (AvgIpc) is 3.54. The first kappa shape index (κ1) is 22.8. The second-order valence-corrected chi connectivity index (χ2v) is 11.5. The molecule has 7 nitrogen and oxygen atoms in total. The first-order chi connectivity index (χ1) is 15.1. The highest BCUT2D eigenvalue weighted by Crippen LogP contribution is 2.35. The summed E-state index contributed by atoms with van der Waals surface area (Å²) in [7, 11) is 0.664. The van der Waals surface area contributed by atoms with Crippen LogP contribution >= 0.6 is 11.8 Å². The number of sulfonamides is 1. The quantitative estimate of drug-likeness (QED) is 0.469. The van der Waals surface area contributed by atoms with Crippen LogP contribution in [0.15, 0.2) is 52.4 Å². The molecule has 1 aliphatic rings. The van der Waals surface area contributed by atoms with Crippen LogP contribution in [-0.2, 0) is 10.0 Å². The fourth-order valence-electron chi connectivity index (χ4n) is 3.69. The van der Waals surface area contributed by atoms with E-state index < -0.39 is 10.0 Å². The highest BCUT2D eigenvalue weighted by Gasteiger charge is 2.35. The Labute approximate surface area is 193 Å².